The van der Waals surface area contributed by atoms with E-state index in [1.54, 1.807) is 37.5 Å². The zero-order chi connectivity index (χ0) is 9.68. The number of halogens is 1. The maximum atomic E-state index is 9.41. The highest BCUT2D eigenvalue weighted by Crippen LogP contribution is 2.23. The Balaban J connectivity index is 2.97. The average molecular weight is 199 g/mol. The number of phenolic OH excluding ortho intramolecular Hbond substituents is 1. The largest absolute Gasteiger partial charge is 0.507 e. The van der Waals surface area contributed by atoms with Gasteiger partial charge in [0, 0.05) is 11.4 Å². The lowest BCUT2D eigenvalue weighted by Crippen LogP contribution is -1.83. The first kappa shape index (κ1) is 9.93. The van der Waals surface area contributed by atoms with Crippen molar-refractivity contribution in [1.29, 1.82) is 0 Å². The standard InChI is InChI=1S/C10H11ClO2/c1-13-9-4-5-10(12)8(7-9)3-2-6-11/h2-5,7,12H,6H2,1H3. The molecule has 0 atom stereocenters. The molecule has 0 spiro atoms. The van der Waals surface area contributed by atoms with E-state index in [9.17, 15) is 5.11 Å². The van der Waals surface area contributed by atoms with Crippen LogP contribution in [-0.2, 0) is 0 Å². The van der Waals surface area contributed by atoms with Gasteiger partial charge >= 0.3 is 0 Å². The van der Waals surface area contributed by atoms with Gasteiger partial charge in [-0.25, -0.2) is 0 Å². The lowest BCUT2D eigenvalue weighted by atomic mass is 10.2. The molecule has 0 fully saturated rings. The van der Waals surface area contributed by atoms with Crippen LogP contribution in [0.4, 0.5) is 0 Å². The molecule has 0 aliphatic rings. The monoisotopic (exact) mass is 198 g/mol. The maximum Gasteiger partial charge on any atom is 0.123 e. The van der Waals surface area contributed by atoms with Crippen molar-refractivity contribution in [2.24, 2.45) is 0 Å². The van der Waals surface area contributed by atoms with Crippen molar-refractivity contribution in [2.75, 3.05) is 13.0 Å². The van der Waals surface area contributed by atoms with Crippen LogP contribution in [0.1, 0.15) is 5.56 Å². The van der Waals surface area contributed by atoms with E-state index in [4.69, 9.17) is 16.3 Å². The summed E-state index contributed by atoms with van der Waals surface area (Å²) in [6, 6.07) is 5.04. The minimum Gasteiger partial charge on any atom is -0.507 e. The molecule has 0 bridgehead atoms. The summed E-state index contributed by atoms with van der Waals surface area (Å²) < 4.78 is 5.01. The molecule has 0 aliphatic carbocycles. The second-order valence-electron chi connectivity index (χ2n) is 2.48. The number of aromatic hydroxyl groups is 1. The highest BCUT2D eigenvalue weighted by molar-refractivity contribution is 6.19. The molecule has 0 saturated carbocycles. The van der Waals surface area contributed by atoms with Gasteiger partial charge < -0.3 is 9.84 Å². The average Bonchev–Trinajstić information content (AvgIpc) is 2.17. The Hall–Kier alpha value is -1.15. The molecule has 0 saturated heterocycles. The van der Waals surface area contributed by atoms with Crippen LogP contribution in [0.2, 0.25) is 0 Å². The molecule has 0 aliphatic heterocycles. The minimum absolute atomic E-state index is 0.224. The fraction of sp³-hybridized carbons (Fsp3) is 0.200. The number of alkyl halides is 1. The molecular weight excluding hydrogens is 188 g/mol. The summed E-state index contributed by atoms with van der Waals surface area (Å²) in [5.74, 6) is 1.37. The molecule has 0 aromatic heterocycles. The zero-order valence-electron chi connectivity index (χ0n) is 7.33. The Morgan fingerprint density at radius 3 is 2.92 bits per heavy atom. The van der Waals surface area contributed by atoms with Crippen LogP contribution in [0.25, 0.3) is 6.08 Å². The number of hydrogen-bond donors (Lipinski definition) is 1. The number of hydrogen-bond acceptors (Lipinski definition) is 2. The molecule has 2 nitrogen and oxygen atoms in total. The number of ether oxygens (including phenoxy) is 1. The van der Waals surface area contributed by atoms with Gasteiger partial charge in [-0.3, -0.25) is 0 Å². The van der Waals surface area contributed by atoms with Gasteiger partial charge in [0.2, 0.25) is 0 Å². The van der Waals surface area contributed by atoms with Crippen molar-refractivity contribution < 1.29 is 9.84 Å². The fourth-order valence-electron chi connectivity index (χ4n) is 0.965. The van der Waals surface area contributed by atoms with Crippen molar-refractivity contribution >= 4 is 17.7 Å². The van der Waals surface area contributed by atoms with Gasteiger partial charge in [-0.05, 0) is 18.2 Å². The maximum absolute atomic E-state index is 9.41. The molecular formula is C10H11ClO2. The van der Waals surface area contributed by atoms with E-state index in [0.29, 0.717) is 17.2 Å². The first-order valence-corrected chi connectivity index (χ1v) is 4.41. The Kier molecular flexibility index (Phi) is 3.65. The number of allylic oxidation sites excluding steroid dienone is 1. The van der Waals surface area contributed by atoms with Crippen LogP contribution in [0.15, 0.2) is 24.3 Å². The Labute approximate surface area is 82.4 Å². The summed E-state index contributed by atoms with van der Waals surface area (Å²) in [6.45, 7) is 0. The van der Waals surface area contributed by atoms with Crippen molar-refractivity contribution in [3.8, 4) is 11.5 Å². The molecule has 1 aromatic carbocycles. The van der Waals surface area contributed by atoms with Gasteiger partial charge in [0.1, 0.15) is 11.5 Å². The summed E-state index contributed by atoms with van der Waals surface area (Å²) >= 11 is 5.48. The highest BCUT2D eigenvalue weighted by atomic mass is 35.5. The van der Waals surface area contributed by atoms with Crippen LogP contribution < -0.4 is 4.74 Å². The van der Waals surface area contributed by atoms with Crippen LogP contribution in [0.3, 0.4) is 0 Å². The molecule has 0 heterocycles. The van der Waals surface area contributed by atoms with Crippen molar-refractivity contribution in [2.45, 2.75) is 0 Å². The van der Waals surface area contributed by atoms with Gasteiger partial charge in [-0.2, -0.15) is 0 Å². The Morgan fingerprint density at radius 1 is 1.54 bits per heavy atom. The predicted octanol–water partition coefficient (Wildman–Crippen LogP) is 2.65. The van der Waals surface area contributed by atoms with E-state index in [1.807, 2.05) is 0 Å². The van der Waals surface area contributed by atoms with Crippen LogP contribution in [-0.4, -0.2) is 18.1 Å². The first-order valence-electron chi connectivity index (χ1n) is 3.87. The van der Waals surface area contributed by atoms with Crippen LogP contribution >= 0.6 is 11.6 Å². The summed E-state index contributed by atoms with van der Waals surface area (Å²) in [7, 11) is 1.58. The third-order valence-electron chi connectivity index (χ3n) is 1.62. The molecule has 1 aromatic rings. The SMILES string of the molecule is COc1ccc(O)c(C=CCCl)c1. The van der Waals surface area contributed by atoms with Crippen molar-refractivity contribution in [1.82, 2.24) is 0 Å². The third-order valence-corrected chi connectivity index (χ3v) is 1.80. The summed E-state index contributed by atoms with van der Waals surface area (Å²) in [5, 5.41) is 9.41. The normalized spacial score (nSPS) is 10.6. The molecule has 0 unspecified atom stereocenters. The van der Waals surface area contributed by atoms with Gasteiger partial charge in [0.15, 0.2) is 0 Å². The Bertz CT molecular complexity index is 308. The molecule has 1 rings (SSSR count). The van der Waals surface area contributed by atoms with E-state index in [0.717, 1.165) is 0 Å². The van der Waals surface area contributed by atoms with Crippen LogP contribution in [0.5, 0.6) is 11.5 Å². The van der Waals surface area contributed by atoms with Gasteiger partial charge in [0.05, 0.1) is 7.11 Å². The van der Waals surface area contributed by atoms with E-state index in [1.165, 1.54) is 0 Å². The molecule has 70 valence electrons. The number of rotatable bonds is 3. The number of methoxy groups -OCH3 is 1. The summed E-state index contributed by atoms with van der Waals surface area (Å²) in [6.07, 6.45) is 3.51. The van der Waals surface area contributed by atoms with E-state index >= 15 is 0 Å². The van der Waals surface area contributed by atoms with E-state index in [2.05, 4.69) is 0 Å². The molecule has 13 heavy (non-hydrogen) atoms. The molecule has 0 radical (unpaired) electrons. The first-order chi connectivity index (χ1) is 6.27. The highest BCUT2D eigenvalue weighted by Gasteiger charge is 1.98. The second kappa shape index (κ2) is 4.77. The Morgan fingerprint density at radius 2 is 2.31 bits per heavy atom. The molecule has 1 N–H and O–H groups in total. The van der Waals surface area contributed by atoms with Crippen molar-refractivity contribution in [3.05, 3.63) is 29.8 Å². The topological polar surface area (TPSA) is 29.5 Å². The fourth-order valence-corrected chi connectivity index (χ4v) is 1.05. The van der Waals surface area contributed by atoms with Gasteiger partial charge in [-0.1, -0.05) is 12.2 Å². The summed E-state index contributed by atoms with van der Waals surface area (Å²) in [5.41, 5.74) is 0.708. The van der Waals surface area contributed by atoms with Gasteiger partial charge in [-0.15, -0.1) is 11.6 Å². The lowest BCUT2D eigenvalue weighted by Gasteiger charge is -2.02. The number of benzene rings is 1. The van der Waals surface area contributed by atoms with Crippen LogP contribution in [0, 0.1) is 0 Å². The number of phenols is 1. The van der Waals surface area contributed by atoms with E-state index in [-0.39, 0.29) is 5.75 Å². The van der Waals surface area contributed by atoms with Gasteiger partial charge in [0.25, 0.3) is 0 Å². The van der Waals surface area contributed by atoms with Crippen molar-refractivity contribution in [3.63, 3.8) is 0 Å². The lowest BCUT2D eigenvalue weighted by molar-refractivity contribution is 0.412. The molecule has 0 amide bonds. The predicted molar refractivity (Wildman–Crippen MR) is 54.4 cm³/mol. The zero-order valence-corrected chi connectivity index (χ0v) is 8.08. The van der Waals surface area contributed by atoms with E-state index < -0.39 is 0 Å². The third kappa shape index (κ3) is 2.67. The second-order valence-corrected chi connectivity index (χ2v) is 2.79. The molecule has 3 heteroatoms. The smallest absolute Gasteiger partial charge is 0.123 e. The minimum atomic E-state index is 0.224. The summed E-state index contributed by atoms with van der Waals surface area (Å²) in [4.78, 5) is 0. The quantitative estimate of drug-likeness (QED) is 0.757.